The molecule has 0 amide bonds. The zero-order valence-corrected chi connectivity index (χ0v) is 11.5. The van der Waals surface area contributed by atoms with Gasteiger partial charge in [0, 0.05) is 23.6 Å². The van der Waals surface area contributed by atoms with Gasteiger partial charge in [0.15, 0.2) is 6.29 Å². The smallest absolute Gasteiger partial charge is 0.312 e. The Morgan fingerprint density at radius 3 is 2.74 bits per heavy atom. The van der Waals surface area contributed by atoms with Crippen molar-refractivity contribution in [1.82, 2.24) is 0 Å². The second-order valence-corrected chi connectivity index (χ2v) is 5.19. The van der Waals surface area contributed by atoms with Crippen LogP contribution in [0.15, 0.2) is 28.1 Å². The number of hydrogen-bond donors (Lipinski definition) is 0. The maximum atomic E-state index is 13.4. The summed E-state index contributed by atoms with van der Waals surface area (Å²) in [6, 6.07) is 3.36. The number of carbonyl (C=O) groups is 1. The van der Waals surface area contributed by atoms with Crippen molar-refractivity contribution in [3.63, 3.8) is 0 Å². The number of nitro groups is 1. The van der Waals surface area contributed by atoms with Crippen molar-refractivity contribution in [2.75, 3.05) is 0 Å². The molecule has 0 N–H and O–H groups in total. The average Bonchev–Trinajstić information content (AvgIpc) is 2.81. The van der Waals surface area contributed by atoms with Crippen molar-refractivity contribution in [3.05, 3.63) is 48.9 Å². The van der Waals surface area contributed by atoms with Gasteiger partial charge in [-0.05, 0) is 15.9 Å². The third-order valence-electron chi connectivity index (χ3n) is 2.14. The third kappa shape index (κ3) is 2.96. The Morgan fingerprint density at radius 2 is 2.16 bits per heavy atom. The molecule has 0 unspecified atom stereocenters. The van der Waals surface area contributed by atoms with Crippen molar-refractivity contribution in [2.24, 2.45) is 0 Å². The Morgan fingerprint density at radius 1 is 1.42 bits per heavy atom. The van der Waals surface area contributed by atoms with Gasteiger partial charge in [0.1, 0.15) is 11.6 Å². The largest absolute Gasteiger partial charge is 0.449 e. The van der Waals surface area contributed by atoms with Crippen LogP contribution in [0, 0.1) is 15.9 Å². The van der Waals surface area contributed by atoms with E-state index in [0.29, 0.717) is 11.2 Å². The van der Waals surface area contributed by atoms with Gasteiger partial charge in [0.25, 0.3) is 0 Å². The van der Waals surface area contributed by atoms with E-state index in [1.54, 1.807) is 0 Å². The van der Waals surface area contributed by atoms with Crippen LogP contribution in [-0.4, -0.2) is 11.2 Å². The molecule has 1 aromatic heterocycles. The van der Waals surface area contributed by atoms with E-state index in [2.05, 4.69) is 15.9 Å². The van der Waals surface area contributed by atoms with Gasteiger partial charge < -0.3 is 4.74 Å². The van der Waals surface area contributed by atoms with Crippen LogP contribution in [0.25, 0.3) is 0 Å². The van der Waals surface area contributed by atoms with Gasteiger partial charge in [-0.25, -0.2) is 4.39 Å². The summed E-state index contributed by atoms with van der Waals surface area (Å²) in [7, 11) is 0. The van der Waals surface area contributed by atoms with Gasteiger partial charge in [-0.2, -0.15) is 0 Å². The Balaban J connectivity index is 2.40. The summed E-state index contributed by atoms with van der Waals surface area (Å²) in [5.41, 5.74) is -0.368. The van der Waals surface area contributed by atoms with E-state index in [-0.39, 0.29) is 21.7 Å². The number of nitrogens with zero attached hydrogens (tertiary/aromatic N) is 1. The van der Waals surface area contributed by atoms with Crippen molar-refractivity contribution >= 4 is 39.2 Å². The first-order chi connectivity index (χ1) is 9.01. The standard InChI is InChI=1S/C11H5BrFNO4S/c12-8-2-10(14(16)17)11(3-9(8)13)18-6-1-7(4-15)19-5-6/h1-5H. The van der Waals surface area contributed by atoms with Gasteiger partial charge >= 0.3 is 5.69 Å². The summed E-state index contributed by atoms with van der Waals surface area (Å²) >= 11 is 3.99. The molecular weight excluding hydrogens is 341 g/mol. The number of aldehydes is 1. The van der Waals surface area contributed by atoms with Crippen molar-refractivity contribution in [2.45, 2.75) is 0 Å². The number of rotatable bonds is 4. The van der Waals surface area contributed by atoms with E-state index < -0.39 is 10.7 Å². The number of hydrogen-bond acceptors (Lipinski definition) is 5. The summed E-state index contributed by atoms with van der Waals surface area (Å²) in [5.74, 6) is -0.649. The second-order valence-electron chi connectivity index (χ2n) is 3.40. The van der Waals surface area contributed by atoms with Crippen molar-refractivity contribution in [3.8, 4) is 11.5 Å². The van der Waals surface area contributed by atoms with Crippen LogP contribution in [0.5, 0.6) is 11.5 Å². The van der Waals surface area contributed by atoms with Gasteiger partial charge in [-0.15, -0.1) is 11.3 Å². The molecular formula is C11H5BrFNO4S. The van der Waals surface area contributed by atoms with Crippen LogP contribution in [-0.2, 0) is 0 Å². The van der Waals surface area contributed by atoms with Crippen LogP contribution >= 0.6 is 27.3 Å². The van der Waals surface area contributed by atoms with Gasteiger partial charge in [-0.1, -0.05) is 0 Å². The predicted octanol–water partition coefficient (Wildman–Crippen LogP) is 4.16. The van der Waals surface area contributed by atoms with Gasteiger partial charge in [-0.3, -0.25) is 14.9 Å². The highest BCUT2D eigenvalue weighted by atomic mass is 79.9. The SMILES string of the molecule is O=Cc1cc(Oc2cc(F)c(Br)cc2[N+](=O)[O-])cs1. The Kier molecular flexibility index (Phi) is 3.91. The van der Waals surface area contributed by atoms with E-state index >= 15 is 0 Å². The topological polar surface area (TPSA) is 69.4 Å². The lowest BCUT2D eigenvalue weighted by molar-refractivity contribution is -0.385. The first kappa shape index (κ1) is 13.6. The molecule has 0 atom stereocenters. The van der Waals surface area contributed by atoms with Crippen LogP contribution in [0.2, 0.25) is 0 Å². The minimum Gasteiger partial charge on any atom is -0.449 e. The number of carbonyl (C=O) groups excluding carboxylic acids is 1. The molecule has 1 aromatic carbocycles. The maximum absolute atomic E-state index is 13.4. The zero-order chi connectivity index (χ0) is 14.0. The third-order valence-corrected chi connectivity index (χ3v) is 3.58. The number of halogens is 2. The minimum absolute atomic E-state index is 0.0227. The fourth-order valence-corrected chi connectivity index (χ4v) is 2.26. The summed E-state index contributed by atoms with van der Waals surface area (Å²) in [5, 5.41) is 12.4. The molecule has 0 bridgehead atoms. The van der Waals surface area contributed by atoms with E-state index in [4.69, 9.17) is 4.74 Å². The molecule has 1 heterocycles. The van der Waals surface area contributed by atoms with Crippen LogP contribution in [0.4, 0.5) is 10.1 Å². The molecule has 0 aliphatic rings. The first-order valence-corrected chi connectivity index (χ1v) is 6.53. The number of ether oxygens (including phenoxy) is 1. The summed E-state index contributed by atoms with van der Waals surface area (Å²) in [6.45, 7) is 0. The molecule has 98 valence electrons. The Bertz CT molecular complexity index is 658. The first-order valence-electron chi connectivity index (χ1n) is 4.86. The van der Waals surface area contributed by atoms with E-state index in [9.17, 15) is 19.3 Å². The molecule has 19 heavy (non-hydrogen) atoms. The van der Waals surface area contributed by atoms with Gasteiger partial charge in [0.05, 0.1) is 14.3 Å². The summed E-state index contributed by atoms with van der Waals surface area (Å²) in [6.07, 6.45) is 0.633. The molecule has 2 rings (SSSR count). The molecule has 0 radical (unpaired) electrons. The monoisotopic (exact) mass is 345 g/mol. The van der Waals surface area contributed by atoms with E-state index in [1.807, 2.05) is 0 Å². The lowest BCUT2D eigenvalue weighted by Gasteiger charge is -2.05. The maximum Gasteiger partial charge on any atom is 0.312 e. The fourth-order valence-electron chi connectivity index (χ4n) is 1.32. The Hall–Kier alpha value is -1.80. The van der Waals surface area contributed by atoms with E-state index in [0.717, 1.165) is 23.5 Å². The molecule has 0 aliphatic heterocycles. The van der Waals surface area contributed by atoms with Crippen LogP contribution in [0.3, 0.4) is 0 Å². The Labute approximate surface area is 118 Å². The minimum atomic E-state index is -0.675. The molecule has 0 saturated heterocycles. The lowest BCUT2D eigenvalue weighted by atomic mass is 10.3. The molecule has 0 fully saturated rings. The average molecular weight is 346 g/mol. The molecule has 0 saturated carbocycles. The van der Waals surface area contributed by atoms with Crippen LogP contribution < -0.4 is 4.74 Å². The summed E-state index contributed by atoms with van der Waals surface area (Å²) < 4.78 is 18.6. The van der Waals surface area contributed by atoms with E-state index in [1.165, 1.54) is 11.4 Å². The number of benzene rings is 1. The fraction of sp³-hybridized carbons (Fsp3) is 0. The van der Waals surface area contributed by atoms with Crippen LogP contribution in [0.1, 0.15) is 9.67 Å². The highest BCUT2D eigenvalue weighted by Crippen LogP contribution is 2.36. The summed E-state index contributed by atoms with van der Waals surface area (Å²) in [4.78, 5) is 21.1. The normalized spacial score (nSPS) is 10.2. The van der Waals surface area contributed by atoms with Crippen molar-refractivity contribution in [1.29, 1.82) is 0 Å². The second kappa shape index (κ2) is 5.45. The van der Waals surface area contributed by atoms with Gasteiger partial charge in [0.2, 0.25) is 5.75 Å². The molecule has 8 heteroatoms. The lowest BCUT2D eigenvalue weighted by Crippen LogP contribution is -1.94. The molecule has 0 aliphatic carbocycles. The van der Waals surface area contributed by atoms with Crippen molar-refractivity contribution < 1.29 is 18.8 Å². The molecule has 0 spiro atoms. The zero-order valence-electron chi connectivity index (χ0n) is 9.13. The predicted molar refractivity (Wildman–Crippen MR) is 70.5 cm³/mol. The highest BCUT2D eigenvalue weighted by molar-refractivity contribution is 9.10. The quantitative estimate of drug-likeness (QED) is 0.473. The number of thiophene rings is 1. The highest BCUT2D eigenvalue weighted by Gasteiger charge is 2.20. The number of nitro benzene ring substituents is 1. The molecule has 5 nitrogen and oxygen atoms in total. The molecule has 2 aromatic rings.